The Kier molecular flexibility index (Phi) is 3.75. The minimum atomic E-state index is -0.293. The van der Waals surface area contributed by atoms with Gasteiger partial charge in [-0.2, -0.15) is 5.26 Å². The van der Waals surface area contributed by atoms with Crippen LogP contribution in [0.3, 0.4) is 0 Å². The summed E-state index contributed by atoms with van der Waals surface area (Å²) < 4.78 is 0.799. The normalized spacial score (nSPS) is 9.56. The molecule has 0 fully saturated rings. The fraction of sp³-hybridized carbons (Fsp3) is 0. The number of rotatable bonds is 2. The summed E-state index contributed by atoms with van der Waals surface area (Å²) in [6.45, 7) is 0. The van der Waals surface area contributed by atoms with Crippen molar-refractivity contribution in [2.24, 2.45) is 0 Å². The predicted octanol–water partition coefficient (Wildman–Crippen LogP) is 3.57. The smallest absolute Gasteiger partial charge is 0.257 e. The Labute approximate surface area is 113 Å². The van der Waals surface area contributed by atoms with E-state index in [2.05, 4.69) is 21.2 Å². The van der Waals surface area contributed by atoms with E-state index in [1.165, 1.54) is 0 Å². The zero-order valence-electron chi connectivity index (χ0n) is 9.35. The summed E-state index contributed by atoms with van der Waals surface area (Å²) in [7, 11) is 0. The number of carbonyl (C=O) groups is 1. The standard InChI is InChI=1S/C14H9BrN2O/c15-12-7-3-4-8-13(12)17-14(18)11-6-2-1-5-10(11)9-16/h1-8H,(H,17,18). The highest BCUT2D eigenvalue weighted by Gasteiger charge is 2.11. The Hall–Kier alpha value is -2.12. The third kappa shape index (κ3) is 2.58. The Morgan fingerprint density at radius 3 is 2.50 bits per heavy atom. The van der Waals surface area contributed by atoms with Crippen LogP contribution in [0.5, 0.6) is 0 Å². The molecule has 0 atom stereocenters. The van der Waals surface area contributed by atoms with Crippen LogP contribution in [0.25, 0.3) is 0 Å². The number of benzene rings is 2. The van der Waals surface area contributed by atoms with Crippen LogP contribution in [0, 0.1) is 11.3 Å². The van der Waals surface area contributed by atoms with Gasteiger partial charge in [0.05, 0.1) is 22.9 Å². The lowest BCUT2D eigenvalue weighted by Crippen LogP contribution is -2.13. The van der Waals surface area contributed by atoms with Gasteiger partial charge in [0.15, 0.2) is 0 Å². The van der Waals surface area contributed by atoms with Gasteiger partial charge < -0.3 is 5.32 Å². The van der Waals surface area contributed by atoms with Crippen LogP contribution in [-0.2, 0) is 0 Å². The third-order valence-electron chi connectivity index (χ3n) is 2.41. The largest absolute Gasteiger partial charge is 0.321 e. The Bertz CT molecular complexity index is 632. The highest BCUT2D eigenvalue weighted by Crippen LogP contribution is 2.22. The zero-order chi connectivity index (χ0) is 13.0. The number of anilines is 1. The van der Waals surface area contributed by atoms with Crippen LogP contribution >= 0.6 is 15.9 Å². The first-order valence-corrected chi connectivity index (χ1v) is 6.06. The molecule has 18 heavy (non-hydrogen) atoms. The molecular formula is C14H9BrN2O. The Balaban J connectivity index is 2.29. The van der Waals surface area contributed by atoms with Crippen molar-refractivity contribution in [3.8, 4) is 6.07 Å². The van der Waals surface area contributed by atoms with E-state index in [-0.39, 0.29) is 5.91 Å². The quantitative estimate of drug-likeness (QED) is 0.922. The lowest BCUT2D eigenvalue weighted by molar-refractivity contribution is 0.102. The number of nitriles is 1. The van der Waals surface area contributed by atoms with Gasteiger partial charge in [0.1, 0.15) is 0 Å². The molecular weight excluding hydrogens is 292 g/mol. The van der Waals surface area contributed by atoms with Crippen molar-refractivity contribution in [1.29, 1.82) is 5.26 Å². The van der Waals surface area contributed by atoms with Crippen LogP contribution in [0.4, 0.5) is 5.69 Å². The minimum Gasteiger partial charge on any atom is -0.321 e. The minimum absolute atomic E-state index is 0.293. The molecule has 0 bridgehead atoms. The lowest BCUT2D eigenvalue weighted by Gasteiger charge is -2.07. The number of nitrogens with one attached hydrogen (secondary N) is 1. The molecule has 2 aromatic rings. The average molecular weight is 301 g/mol. The number of hydrogen-bond acceptors (Lipinski definition) is 2. The van der Waals surface area contributed by atoms with Crippen LogP contribution in [0.1, 0.15) is 15.9 Å². The van der Waals surface area contributed by atoms with Crippen molar-refractivity contribution in [3.63, 3.8) is 0 Å². The number of para-hydroxylation sites is 1. The van der Waals surface area contributed by atoms with Gasteiger partial charge in [0.25, 0.3) is 5.91 Å². The topological polar surface area (TPSA) is 52.9 Å². The van der Waals surface area contributed by atoms with Crippen LogP contribution in [-0.4, -0.2) is 5.91 Å². The first-order chi connectivity index (χ1) is 8.72. The average Bonchev–Trinajstić information content (AvgIpc) is 2.41. The van der Waals surface area contributed by atoms with Gasteiger partial charge in [-0.3, -0.25) is 4.79 Å². The van der Waals surface area contributed by atoms with Crippen molar-refractivity contribution in [2.75, 3.05) is 5.32 Å². The Morgan fingerprint density at radius 2 is 1.78 bits per heavy atom. The molecule has 0 unspecified atom stereocenters. The molecule has 0 saturated carbocycles. The van der Waals surface area contributed by atoms with Crippen LogP contribution < -0.4 is 5.32 Å². The van der Waals surface area contributed by atoms with Gasteiger partial charge >= 0.3 is 0 Å². The second-order valence-corrected chi connectivity index (χ2v) is 4.45. The number of nitrogens with zero attached hydrogens (tertiary/aromatic N) is 1. The molecule has 1 amide bonds. The SMILES string of the molecule is N#Cc1ccccc1C(=O)Nc1ccccc1Br. The maximum atomic E-state index is 12.1. The van der Waals surface area contributed by atoms with E-state index in [0.717, 1.165) is 4.47 Å². The number of hydrogen-bond donors (Lipinski definition) is 1. The van der Waals surface area contributed by atoms with Gasteiger partial charge in [0, 0.05) is 4.47 Å². The Morgan fingerprint density at radius 1 is 1.11 bits per heavy atom. The molecule has 0 saturated heterocycles. The highest BCUT2D eigenvalue weighted by atomic mass is 79.9. The molecule has 0 aliphatic rings. The predicted molar refractivity (Wildman–Crippen MR) is 73.3 cm³/mol. The van der Waals surface area contributed by atoms with Crippen molar-refractivity contribution in [2.45, 2.75) is 0 Å². The molecule has 1 N–H and O–H groups in total. The van der Waals surface area contributed by atoms with Crippen molar-refractivity contribution in [1.82, 2.24) is 0 Å². The second-order valence-electron chi connectivity index (χ2n) is 3.59. The molecule has 0 spiro atoms. The number of halogens is 1. The molecule has 0 radical (unpaired) electrons. The molecule has 0 aliphatic heterocycles. The van der Waals surface area contributed by atoms with Crippen molar-refractivity contribution < 1.29 is 4.79 Å². The summed E-state index contributed by atoms with van der Waals surface area (Å²) >= 11 is 3.35. The fourth-order valence-corrected chi connectivity index (χ4v) is 1.91. The molecule has 0 aliphatic carbocycles. The maximum absolute atomic E-state index is 12.1. The molecule has 88 valence electrons. The lowest BCUT2D eigenvalue weighted by atomic mass is 10.1. The summed E-state index contributed by atoms with van der Waals surface area (Å²) in [5, 5.41) is 11.7. The molecule has 0 aromatic heterocycles. The highest BCUT2D eigenvalue weighted by molar-refractivity contribution is 9.10. The van der Waals surface area contributed by atoms with E-state index in [1.54, 1.807) is 30.3 Å². The van der Waals surface area contributed by atoms with E-state index in [0.29, 0.717) is 16.8 Å². The number of amides is 1. The monoisotopic (exact) mass is 300 g/mol. The molecule has 2 aromatic carbocycles. The summed E-state index contributed by atoms with van der Waals surface area (Å²) in [5.41, 5.74) is 1.41. The van der Waals surface area contributed by atoms with E-state index in [1.807, 2.05) is 24.3 Å². The third-order valence-corrected chi connectivity index (χ3v) is 3.11. The van der Waals surface area contributed by atoms with E-state index in [4.69, 9.17) is 5.26 Å². The zero-order valence-corrected chi connectivity index (χ0v) is 10.9. The summed E-state index contributed by atoms with van der Waals surface area (Å²) in [6.07, 6.45) is 0. The summed E-state index contributed by atoms with van der Waals surface area (Å²) in [6, 6.07) is 16.0. The van der Waals surface area contributed by atoms with E-state index in [9.17, 15) is 4.79 Å². The van der Waals surface area contributed by atoms with Crippen LogP contribution in [0.15, 0.2) is 53.0 Å². The van der Waals surface area contributed by atoms with Gasteiger partial charge in [-0.15, -0.1) is 0 Å². The summed E-state index contributed by atoms with van der Waals surface area (Å²) in [5.74, 6) is -0.293. The van der Waals surface area contributed by atoms with Crippen molar-refractivity contribution in [3.05, 3.63) is 64.1 Å². The number of carbonyl (C=O) groups excluding carboxylic acids is 1. The fourth-order valence-electron chi connectivity index (χ4n) is 1.53. The van der Waals surface area contributed by atoms with Gasteiger partial charge in [-0.05, 0) is 40.2 Å². The molecule has 4 heteroatoms. The second kappa shape index (κ2) is 5.48. The van der Waals surface area contributed by atoms with Gasteiger partial charge in [-0.1, -0.05) is 24.3 Å². The molecule has 0 heterocycles. The summed E-state index contributed by atoms with van der Waals surface area (Å²) in [4.78, 5) is 12.1. The first-order valence-electron chi connectivity index (χ1n) is 5.27. The maximum Gasteiger partial charge on any atom is 0.257 e. The van der Waals surface area contributed by atoms with E-state index >= 15 is 0 Å². The van der Waals surface area contributed by atoms with Crippen molar-refractivity contribution >= 4 is 27.5 Å². The molecule has 3 nitrogen and oxygen atoms in total. The van der Waals surface area contributed by atoms with Gasteiger partial charge in [-0.25, -0.2) is 0 Å². The van der Waals surface area contributed by atoms with Crippen LogP contribution in [0.2, 0.25) is 0 Å². The molecule has 2 rings (SSSR count). The first kappa shape index (κ1) is 12.3. The van der Waals surface area contributed by atoms with Gasteiger partial charge in [0.2, 0.25) is 0 Å². The van der Waals surface area contributed by atoms with E-state index < -0.39 is 0 Å².